The number of ether oxygens (including phenoxy) is 2. The molecule has 0 bridgehead atoms. The SMILES string of the molecule is C[C@H]1CC(=O)C=CC12OCCCO2. The van der Waals surface area contributed by atoms with Crippen molar-refractivity contribution in [2.24, 2.45) is 5.92 Å². The molecule has 0 saturated carbocycles. The van der Waals surface area contributed by atoms with Gasteiger partial charge in [0.15, 0.2) is 11.6 Å². The van der Waals surface area contributed by atoms with E-state index in [1.165, 1.54) is 0 Å². The van der Waals surface area contributed by atoms with Gasteiger partial charge in [0.1, 0.15) is 0 Å². The lowest BCUT2D eigenvalue weighted by atomic mass is 9.88. The topological polar surface area (TPSA) is 35.5 Å². The summed E-state index contributed by atoms with van der Waals surface area (Å²) in [5, 5.41) is 0. The maximum atomic E-state index is 11.1. The number of carbonyl (C=O) groups excluding carboxylic acids is 1. The zero-order chi connectivity index (χ0) is 9.31. The minimum Gasteiger partial charge on any atom is -0.346 e. The number of rotatable bonds is 0. The molecule has 1 aliphatic heterocycles. The average Bonchev–Trinajstić information content (AvgIpc) is 2.14. The lowest BCUT2D eigenvalue weighted by molar-refractivity contribution is -0.262. The molecule has 0 N–H and O–H groups in total. The molecule has 0 aromatic heterocycles. The Kier molecular flexibility index (Phi) is 2.22. The Balaban J connectivity index is 2.19. The van der Waals surface area contributed by atoms with E-state index < -0.39 is 5.79 Å². The van der Waals surface area contributed by atoms with E-state index in [0.717, 1.165) is 19.6 Å². The second-order valence-corrected chi connectivity index (χ2v) is 3.68. The molecule has 2 aliphatic rings. The van der Waals surface area contributed by atoms with Gasteiger partial charge in [-0.05, 0) is 18.6 Å². The molecule has 1 heterocycles. The van der Waals surface area contributed by atoms with Crippen molar-refractivity contribution in [3.8, 4) is 0 Å². The zero-order valence-corrected chi connectivity index (χ0v) is 7.79. The molecule has 3 heteroatoms. The first-order chi connectivity index (χ1) is 6.23. The summed E-state index contributed by atoms with van der Waals surface area (Å²) in [5.74, 6) is -0.312. The van der Waals surface area contributed by atoms with Crippen LogP contribution >= 0.6 is 0 Å². The summed E-state index contributed by atoms with van der Waals surface area (Å²) in [6.45, 7) is 3.44. The number of ketones is 1. The lowest BCUT2D eigenvalue weighted by Crippen LogP contribution is -2.46. The van der Waals surface area contributed by atoms with Gasteiger partial charge in [-0.1, -0.05) is 6.92 Å². The molecule has 1 spiro atoms. The predicted octanol–water partition coefficient (Wildman–Crippen LogP) is 1.28. The molecule has 0 amide bonds. The summed E-state index contributed by atoms with van der Waals surface area (Å²) in [6, 6.07) is 0. The summed E-state index contributed by atoms with van der Waals surface area (Å²) in [6.07, 6.45) is 4.81. The van der Waals surface area contributed by atoms with Crippen molar-refractivity contribution in [1.82, 2.24) is 0 Å². The van der Waals surface area contributed by atoms with Crippen molar-refractivity contribution in [3.05, 3.63) is 12.2 Å². The molecule has 1 fully saturated rings. The monoisotopic (exact) mass is 182 g/mol. The lowest BCUT2D eigenvalue weighted by Gasteiger charge is -2.40. The number of allylic oxidation sites excluding steroid dienone is 1. The number of carbonyl (C=O) groups is 1. The molecular weight excluding hydrogens is 168 g/mol. The van der Waals surface area contributed by atoms with Crippen molar-refractivity contribution in [2.45, 2.75) is 25.6 Å². The predicted molar refractivity (Wildman–Crippen MR) is 47.2 cm³/mol. The molecule has 1 atom stereocenters. The van der Waals surface area contributed by atoms with Crippen LogP contribution in [0, 0.1) is 5.92 Å². The fourth-order valence-electron chi connectivity index (χ4n) is 1.83. The Bertz CT molecular complexity index is 239. The second-order valence-electron chi connectivity index (χ2n) is 3.68. The molecule has 3 nitrogen and oxygen atoms in total. The Labute approximate surface area is 77.7 Å². The Morgan fingerprint density at radius 1 is 1.46 bits per heavy atom. The van der Waals surface area contributed by atoms with Gasteiger partial charge in [0.05, 0.1) is 13.2 Å². The highest BCUT2D eigenvalue weighted by atomic mass is 16.7. The van der Waals surface area contributed by atoms with Crippen LogP contribution in [0.25, 0.3) is 0 Å². The van der Waals surface area contributed by atoms with Crippen LogP contribution in [0.5, 0.6) is 0 Å². The summed E-state index contributed by atoms with van der Waals surface area (Å²) < 4.78 is 11.2. The van der Waals surface area contributed by atoms with Crippen LogP contribution in [0.15, 0.2) is 12.2 Å². The molecular formula is C10H14O3. The minimum atomic E-state index is -0.605. The van der Waals surface area contributed by atoms with Crippen LogP contribution in [0.4, 0.5) is 0 Å². The van der Waals surface area contributed by atoms with E-state index >= 15 is 0 Å². The summed E-state index contributed by atoms with van der Waals surface area (Å²) >= 11 is 0. The van der Waals surface area contributed by atoms with E-state index in [1.54, 1.807) is 12.2 Å². The van der Waals surface area contributed by atoms with E-state index in [2.05, 4.69) is 0 Å². The Morgan fingerprint density at radius 2 is 2.15 bits per heavy atom. The van der Waals surface area contributed by atoms with Crippen molar-refractivity contribution >= 4 is 5.78 Å². The van der Waals surface area contributed by atoms with Gasteiger partial charge in [-0.2, -0.15) is 0 Å². The van der Waals surface area contributed by atoms with E-state index in [-0.39, 0.29) is 11.7 Å². The van der Waals surface area contributed by atoms with Crippen molar-refractivity contribution in [3.63, 3.8) is 0 Å². The second kappa shape index (κ2) is 3.24. The van der Waals surface area contributed by atoms with E-state index in [9.17, 15) is 4.79 Å². The first-order valence-corrected chi connectivity index (χ1v) is 4.73. The third-order valence-electron chi connectivity index (χ3n) is 2.64. The molecule has 13 heavy (non-hydrogen) atoms. The number of hydrogen-bond acceptors (Lipinski definition) is 3. The maximum Gasteiger partial charge on any atom is 0.191 e. The maximum absolute atomic E-state index is 11.1. The van der Waals surface area contributed by atoms with E-state index in [4.69, 9.17) is 9.47 Å². The highest BCUT2D eigenvalue weighted by Crippen LogP contribution is 2.34. The molecule has 0 unspecified atom stereocenters. The molecule has 1 aliphatic carbocycles. The molecule has 0 aromatic rings. The highest BCUT2D eigenvalue weighted by molar-refractivity contribution is 5.91. The van der Waals surface area contributed by atoms with Gasteiger partial charge in [-0.3, -0.25) is 4.79 Å². The van der Waals surface area contributed by atoms with Crippen LogP contribution in [0.3, 0.4) is 0 Å². The average molecular weight is 182 g/mol. The number of hydrogen-bond donors (Lipinski definition) is 0. The van der Waals surface area contributed by atoms with Crippen LogP contribution in [0.1, 0.15) is 19.8 Å². The normalized spacial score (nSPS) is 32.4. The van der Waals surface area contributed by atoms with Crippen LogP contribution < -0.4 is 0 Å². The minimum absolute atomic E-state index is 0.130. The molecule has 0 aromatic carbocycles. The van der Waals surface area contributed by atoms with Gasteiger partial charge in [-0.25, -0.2) is 0 Å². The largest absolute Gasteiger partial charge is 0.346 e. The fourth-order valence-corrected chi connectivity index (χ4v) is 1.83. The first kappa shape index (κ1) is 8.91. The van der Waals surface area contributed by atoms with Gasteiger partial charge >= 0.3 is 0 Å². The van der Waals surface area contributed by atoms with E-state index in [0.29, 0.717) is 6.42 Å². The van der Waals surface area contributed by atoms with Crippen LogP contribution in [0.2, 0.25) is 0 Å². The molecule has 0 radical (unpaired) electrons. The van der Waals surface area contributed by atoms with Crippen LogP contribution in [-0.4, -0.2) is 24.8 Å². The van der Waals surface area contributed by atoms with Crippen molar-refractivity contribution in [1.29, 1.82) is 0 Å². The Hall–Kier alpha value is -0.670. The van der Waals surface area contributed by atoms with Gasteiger partial charge in [0.2, 0.25) is 0 Å². The quantitative estimate of drug-likeness (QED) is 0.566. The van der Waals surface area contributed by atoms with Crippen molar-refractivity contribution < 1.29 is 14.3 Å². The van der Waals surface area contributed by atoms with Gasteiger partial charge in [0, 0.05) is 12.3 Å². The van der Waals surface area contributed by atoms with Crippen LogP contribution in [-0.2, 0) is 14.3 Å². The molecule has 72 valence electrons. The van der Waals surface area contributed by atoms with Gasteiger partial charge < -0.3 is 9.47 Å². The third kappa shape index (κ3) is 1.54. The fraction of sp³-hybridized carbons (Fsp3) is 0.700. The summed E-state index contributed by atoms with van der Waals surface area (Å²) in [7, 11) is 0. The smallest absolute Gasteiger partial charge is 0.191 e. The molecule has 1 saturated heterocycles. The summed E-state index contributed by atoms with van der Waals surface area (Å²) in [5.41, 5.74) is 0. The van der Waals surface area contributed by atoms with Gasteiger partial charge in [0.25, 0.3) is 0 Å². The van der Waals surface area contributed by atoms with Gasteiger partial charge in [-0.15, -0.1) is 0 Å². The zero-order valence-electron chi connectivity index (χ0n) is 7.79. The Morgan fingerprint density at radius 3 is 2.77 bits per heavy atom. The summed E-state index contributed by atoms with van der Waals surface area (Å²) in [4.78, 5) is 11.1. The van der Waals surface area contributed by atoms with E-state index in [1.807, 2.05) is 6.92 Å². The third-order valence-corrected chi connectivity index (χ3v) is 2.64. The first-order valence-electron chi connectivity index (χ1n) is 4.73. The standard InChI is InChI=1S/C10H14O3/c1-8-7-9(11)3-4-10(8)12-5-2-6-13-10/h3-4,8H,2,5-7H2,1H3/t8-/m0/s1. The molecule has 2 rings (SSSR count). The van der Waals surface area contributed by atoms with Crippen molar-refractivity contribution in [2.75, 3.05) is 13.2 Å². The highest BCUT2D eigenvalue weighted by Gasteiger charge is 2.41.